The minimum Gasteiger partial charge on any atom is -0.402 e. The molecule has 1 saturated heterocycles. The number of esters is 1. The number of carbonyl (C=O) groups is 1. The summed E-state index contributed by atoms with van der Waals surface area (Å²) >= 11 is 0. The molecule has 0 radical (unpaired) electrons. The lowest BCUT2D eigenvalue weighted by atomic mass is 10.0. The van der Waals surface area contributed by atoms with Crippen LogP contribution in [0.5, 0.6) is 0 Å². The number of nitrogens with two attached hydrogens (primary N) is 1. The number of fused-ring (bicyclic) bond motifs is 1. The Kier molecular flexibility index (Phi) is 5.43. The summed E-state index contributed by atoms with van der Waals surface area (Å²) in [6, 6.07) is 15.4. The topological polar surface area (TPSA) is 96.4 Å². The lowest BCUT2D eigenvalue weighted by molar-refractivity contribution is -0.130. The molecule has 9 heteroatoms. The van der Waals surface area contributed by atoms with Gasteiger partial charge in [-0.25, -0.2) is 19.2 Å². The van der Waals surface area contributed by atoms with Crippen molar-refractivity contribution >= 4 is 34.4 Å². The number of halogens is 1. The van der Waals surface area contributed by atoms with Gasteiger partial charge in [-0.3, -0.25) is 0 Å². The molecule has 3 aromatic rings. The van der Waals surface area contributed by atoms with E-state index in [1.807, 2.05) is 28.0 Å². The zero-order valence-corrected chi connectivity index (χ0v) is 17.7. The number of nitrogens with zero attached hydrogens (tertiary/aromatic N) is 5. The van der Waals surface area contributed by atoms with Crippen LogP contribution in [-0.4, -0.2) is 58.8 Å². The number of guanidine groups is 1. The Morgan fingerprint density at radius 3 is 2.55 bits per heavy atom. The van der Waals surface area contributed by atoms with Crippen molar-refractivity contribution < 1.29 is 13.9 Å². The molecule has 0 atom stereocenters. The number of benzene rings is 2. The number of pyridine rings is 1. The second kappa shape index (κ2) is 8.70. The van der Waals surface area contributed by atoms with Crippen LogP contribution in [0.3, 0.4) is 0 Å². The maximum Gasteiger partial charge on any atom is 0.365 e. The molecule has 3 heterocycles. The van der Waals surface area contributed by atoms with Crippen molar-refractivity contribution in [2.45, 2.75) is 0 Å². The molecular formula is C24H21FN6O2. The van der Waals surface area contributed by atoms with E-state index in [0.29, 0.717) is 54.3 Å². The molecule has 33 heavy (non-hydrogen) atoms. The quantitative estimate of drug-likeness (QED) is 0.289. The molecule has 0 bridgehead atoms. The maximum absolute atomic E-state index is 14.1. The van der Waals surface area contributed by atoms with E-state index in [9.17, 15) is 9.18 Å². The van der Waals surface area contributed by atoms with Crippen molar-refractivity contribution in [1.29, 1.82) is 0 Å². The first-order valence-electron chi connectivity index (χ1n) is 10.5. The predicted molar refractivity (Wildman–Crippen MR) is 123 cm³/mol. The zero-order valence-electron chi connectivity index (χ0n) is 17.7. The number of piperazine rings is 1. The molecule has 0 unspecified atom stereocenters. The minimum absolute atomic E-state index is 0.174. The van der Waals surface area contributed by atoms with Gasteiger partial charge in [0, 0.05) is 49.5 Å². The van der Waals surface area contributed by atoms with Gasteiger partial charge in [0.15, 0.2) is 17.5 Å². The standard InChI is InChI=1S/C24H21FN6O2/c25-19-9-8-18(16-5-1-2-6-17(16)19)22-28-20(23(32)33-22)15-30-11-13-31(14-12-30)24(26)29-21-7-3-4-10-27-21/h1-10,15H,11-14H2,(H2,26,27,29)/b20-15+. The Labute approximate surface area is 189 Å². The Morgan fingerprint density at radius 2 is 1.79 bits per heavy atom. The summed E-state index contributed by atoms with van der Waals surface area (Å²) in [5.74, 6) is 0.275. The number of hydrogen-bond donors (Lipinski definition) is 1. The Morgan fingerprint density at radius 1 is 1.03 bits per heavy atom. The largest absolute Gasteiger partial charge is 0.402 e. The van der Waals surface area contributed by atoms with Crippen molar-refractivity contribution in [3.63, 3.8) is 0 Å². The molecule has 0 amide bonds. The van der Waals surface area contributed by atoms with Crippen molar-refractivity contribution in [3.05, 3.63) is 84.1 Å². The predicted octanol–water partition coefficient (Wildman–Crippen LogP) is 2.78. The molecule has 0 spiro atoms. The van der Waals surface area contributed by atoms with Gasteiger partial charge in [0.05, 0.1) is 0 Å². The van der Waals surface area contributed by atoms with E-state index in [1.165, 1.54) is 6.07 Å². The van der Waals surface area contributed by atoms with E-state index >= 15 is 0 Å². The van der Waals surface area contributed by atoms with Crippen LogP contribution >= 0.6 is 0 Å². The summed E-state index contributed by atoms with van der Waals surface area (Å²) in [5, 5.41) is 1.09. The summed E-state index contributed by atoms with van der Waals surface area (Å²) in [6.45, 7) is 2.55. The van der Waals surface area contributed by atoms with E-state index in [4.69, 9.17) is 10.5 Å². The molecule has 0 saturated carbocycles. The average molecular weight is 444 g/mol. The third-order valence-corrected chi connectivity index (χ3v) is 5.54. The second-order valence-corrected chi connectivity index (χ2v) is 7.64. The first-order valence-corrected chi connectivity index (χ1v) is 10.5. The molecule has 2 aromatic carbocycles. The number of hydrogen-bond acceptors (Lipinski definition) is 6. The van der Waals surface area contributed by atoms with Crippen LogP contribution in [0.2, 0.25) is 0 Å². The summed E-state index contributed by atoms with van der Waals surface area (Å²) in [7, 11) is 0. The summed E-state index contributed by atoms with van der Waals surface area (Å²) in [5.41, 5.74) is 6.92. The summed E-state index contributed by atoms with van der Waals surface area (Å²) in [4.78, 5) is 29.3. The lowest BCUT2D eigenvalue weighted by Crippen LogP contribution is -2.49. The third-order valence-electron chi connectivity index (χ3n) is 5.54. The SMILES string of the molecule is N/C(=N\c1ccccn1)N1CCN(/C=C2/N=C(c3ccc(F)c4ccccc34)OC2=O)CC1. The van der Waals surface area contributed by atoms with Crippen molar-refractivity contribution in [3.8, 4) is 0 Å². The number of aliphatic imine (C=N–C) groups is 2. The molecule has 166 valence electrons. The van der Waals surface area contributed by atoms with Gasteiger partial charge in [0.25, 0.3) is 0 Å². The van der Waals surface area contributed by atoms with Gasteiger partial charge >= 0.3 is 5.97 Å². The maximum atomic E-state index is 14.1. The fraction of sp³-hybridized carbons (Fsp3) is 0.167. The smallest absolute Gasteiger partial charge is 0.365 e. The highest BCUT2D eigenvalue weighted by Gasteiger charge is 2.27. The van der Waals surface area contributed by atoms with E-state index < -0.39 is 5.97 Å². The molecule has 2 aliphatic heterocycles. The van der Waals surface area contributed by atoms with Gasteiger partial charge in [-0.15, -0.1) is 0 Å². The van der Waals surface area contributed by atoms with Crippen molar-refractivity contribution in [2.24, 2.45) is 15.7 Å². The molecule has 0 aliphatic carbocycles. The lowest BCUT2D eigenvalue weighted by Gasteiger charge is -2.34. The molecular weight excluding hydrogens is 423 g/mol. The second-order valence-electron chi connectivity index (χ2n) is 7.64. The van der Waals surface area contributed by atoms with Gasteiger partial charge < -0.3 is 20.3 Å². The highest BCUT2D eigenvalue weighted by atomic mass is 19.1. The molecule has 8 nitrogen and oxygen atoms in total. The Bertz CT molecular complexity index is 1300. The van der Waals surface area contributed by atoms with E-state index in [1.54, 1.807) is 42.7 Å². The Balaban J connectivity index is 1.31. The molecule has 5 rings (SSSR count). The van der Waals surface area contributed by atoms with Crippen molar-refractivity contribution in [2.75, 3.05) is 26.2 Å². The number of rotatable bonds is 3. The molecule has 1 fully saturated rings. The van der Waals surface area contributed by atoms with Crippen LogP contribution in [0.25, 0.3) is 10.8 Å². The molecule has 2 N–H and O–H groups in total. The van der Waals surface area contributed by atoms with Crippen LogP contribution in [0.15, 0.2) is 82.7 Å². The van der Waals surface area contributed by atoms with Crippen LogP contribution in [0.1, 0.15) is 5.56 Å². The monoisotopic (exact) mass is 444 g/mol. The van der Waals surface area contributed by atoms with Crippen LogP contribution in [0, 0.1) is 5.82 Å². The summed E-state index contributed by atoms with van der Waals surface area (Å²) < 4.78 is 19.5. The van der Waals surface area contributed by atoms with E-state index in [2.05, 4.69) is 15.0 Å². The minimum atomic E-state index is -0.530. The summed E-state index contributed by atoms with van der Waals surface area (Å²) in [6.07, 6.45) is 3.37. The number of cyclic esters (lactones) is 1. The van der Waals surface area contributed by atoms with Crippen LogP contribution < -0.4 is 5.73 Å². The van der Waals surface area contributed by atoms with E-state index in [-0.39, 0.29) is 17.4 Å². The van der Waals surface area contributed by atoms with Crippen molar-refractivity contribution in [1.82, 2.24) is 14.8 Å². The van der Waals surface area contributed by atoms with Crippen LogP contribution in [0.4, 0.5) is 10.2 Å². The third kappa shape index (κ3) is 4.25. The van der Waals surface area contributed by atoms with Gasteiger partial charge in [-0.05, 0) is 29.7 Å². The number of carbonyl (C=O) groups excluding carboxylic acids is 1. The molecule has 1 aromatic heterocycles. The fourth-order valence-corrected chi connectivity index (χ4v) is 3.82. The first kappa shape index (κ1) is 20.6. The van der Waals surface area contributed by atoms with Gasteiger partial charge in [0.2, 0.25) is 5.90 Å². The van der Waals surface area contributed by atoms with Gasteiger partial charge in [0.1, 0.15) is 5.82 Å². The van der Waals surface area contributed by atoms with E-state index in [0.717, 1.165) is 0 Å². The first-order chi connectivity index (χ1) is 16.1. The molecule has 2 aliphatic rings. The van der Waals surface area contributed by atoms with Gasteiger partial charge in [-0.2, -0.15) is 4.99 Å². The average Bonchev–Trinajstić information content (AvgIpc) is 3.20. The highest BCUT2D eigenvalue weighted by Crippen LogP contribution is 2.26. The number of aromatic nitrogens is 1. The normalized spacial score (nSPS) is 18.1. The highest BCUT2D eigenvalue weighted by molar-refractivity contribution is 6.16. The number of ether oxygens (including phenoxy) is 1. The van der Waals surface area contributed by atoms with Crippen LogP contribution in [-0.2, 0) is 9.53 Å². The zero-order chi connectivity index (χ0) is 22.8. The fourth-order valence-electron chi connectivity index (χ4n) is 3.82. The van der Waals surface area contributed by atoms with Gasteiger partial charge in [-0.1, -0.05) is 30.3 Å². The Hall–Kier alpha value is -4.27.